The number of hydrogen-bond donors (Lipinski definition) is 0. The first-order valence-electron chi connectivity index (χ1n) is 10.2. The summed E-state index contributed by atoms with van der Waals surface area (Å²) in [5.41, 5.74) is 2.46. The number of ketones is 2. The SMILES string of the molecule is O=C1C=C(c2ccccc2)C2C(C1=O)C(c1ccccc1)=CN2S(=O)(=O)c1ccccc1. The zero-order valence-electron chi connectivity index (χ0n) is 17.0. The van der Waals surface area contributed by atoms with Crippen molar-refractivity contribution in [3.63, 3.8) is 0 Å². The lowest BCUT2D eigenvalue weighted by Crippen LogP contribution is -2.44. The minimum atomic E-state index is -3.98. The quantitative estimate of drug-likeness (QED) is 0.575. The highest BCUT2D eigenvalue weighted by molar-refractivity contribution is 7.89. The lowest BCUT2D eigenvalue weighted by molar-refractivity contribution is -0.135. The van der Waals surface area contributed by atoms with Crippen LogP contribution in [0.2, 0.25) is 0 Å². The molecule has 2 aliphatic rings. The summed E-state index contributed by atoms with van der Waals surface area (Å²) in [6, 6.07) is 25.5. The highest BCUT2D eigenvalue weighted by Gasteiger charge is 2.51. The molecule has 0 bridgehead atoms. The molecule has 0 aromatic heterocycles. The molecular formula is C26H19NO4S. The van der Waals surface area contributed by atoms with Gasteiger partial charge < -0.3 is 0 Å². The number of allylic oxidation sites excluding steroid dienone is 1. The summed E-state index contributed by atoms with van der Waals surface area (Å²) in [6.45, 7) is 0. The number of Topliss-reactive ketones (excluding diaryl/α,β-unsaturated/α-hetero) is 1. The van der Waals surface area contributed by atoms with Crippen LogP contribution < -0.4 is 0 Å². The second-order valence-electron chi connectivity index (χ2n) is 7.72. The minimum absolute atomic E-state index is 0.126. The second-order valence-corrected chi connectivity index (χ2v) is 9.56. The van der Waals surface area contributed by atoms with Crippen LogP contribution in [0.4, 0.5) is 0 Å². The van der Waals surface area contributed by atoms with Crippen molar-refractivity contribution in [1.29, 1.82) is 0 Å². The maximum atomic E-state index is 13.7. The molecule has 0 saturated heterocycles. The Morgan fingerprint density at radius 3 is 1.72 bits per heavy atom. The van der Waals surface area contributed by atoms with Gasteiger partial charge in [-0.2, -0.15) is 0 Å². The maximum Gasteiger partial charge on any atom is 0.264 e. The summed E-state index contributed by atoms with van der Waals surface area (Å²) in [7, 11) is -3.98. The topological polar surface area (TPSA) is 71.5 Å². The number of fused-ring (bicyclic) bond motifs is 1. The number of carbonyl (C=O) groups excluding carboxylic acids is 2. The lowest BCUT2D eigenvalue weighted by atomic mass is 9.76. The smallest absolute Gasteiger partial charge is 0.264 e. The summed E-state index contributed by atoms with van der Waals surface area (Å²) < 4.78 is 28.6. The van der Waals surface area contributed by atoms with E-state index in [1.807, 2.05) is 60.7 Å². The van der Waals surface area contributed by atoms with Crippen LogP contribution in [0.15, 0.2) is 108 Å². The van der Waals surface area contributed by atoms with E-state index in [4.69, 9.17) is 0 Å². The van der Waals surface area contributed by atoms with Crippen LogP contribution in [-0.2, 0) is 19.6 Å². The third-order valence-corrected chi connectivity index (χ3v) is 7.61. The van der Waals surface area contributed by atoms with Gasteiger partial charge in [0.05, 0.1) is 16.9 Å². The van der Waals surface area contributed by atoms with E-state index in [-0.39, 0.29) is 4.90 Å². The Labute approximate surface area is 186 Å². The van der Waals surface area contributed by atoms with Gasteiger partial charge in [0.25, 0.3) is 10.0 Å². The Morgan fingerprint density at radius 1 is 0.656 bits per heavy atom. The Kier molecular flexibility index (Phi) is 4.87. The van der Waals surface area contributed by atoms with Gasteiger partial charge in [0, 0.05) is 6.20 Å². The van der Waals surface area contributed by atoms with Crippen molar-refractivity contribution in [2.75, 3.05) is 0 Å². The number of nitrogens with zero attached hydrogens (tertiary/aromatic N) is 1. The molecule has 1 aliphatic carbocycles. The van der Waals surface area contributed by atoms with Crippen LogP contribution in [0.3, 0.4) is 0 Å². The first kappa shape index (κ1) is 20.2. The van der Waals surface area contributed by atoms with Gasteiger partial charge in [0.1, 0.15) is 0 Å². The van der Waals surface area contributed by atoms with E-state index in [2.05, 4.69) is 0 Å². The monoisotopic (exact) mass is 441 g/mol. The average molecular weight is 442 g/mol. The van der Waals surface area contributed by atoms with Gasteiger partial charge in [-0.15, -0.1) is 0 Å². The Bertz CT molecular complexity index is 1360. The molecule has 0 amide bonds. The van der Waals surface area contributed by atoms with Crippen molar-refractivity contribution in [2.24, 2.45) is 5.92 Å². The van der Waals surface area contributed by atoms with Crippen molar-refractivity contribution in [1.82, 2.24) is 4.31 Å². The molecule has 32 heavy (non-hydrogen) atoms. The Balaban J connectivity index is 1.74. The first-order chi connectivity index (χ1) is 15.5. The fourth-order valence-electron chi connectivity index (χ4n) is 4.37. The van der Waals surface area contributed by atoms with Crippen LogP contribution in [0.1, 0.15) is 11.1 Å². The first-order valence-corrected chi connectivity index (χ1v) is 11.6. The summed E-state index contributed by atoms with van der Waals surface area (Å²) in [5.74, 6) is -2.13. The number of benzene rings is 3. The molecule has 1 aliphatic heterocycles. The molecule has 0 spiro atoms. The Morgan fingerprint density at radius 2 is 1.16 bits per heavy atom. The molecule has 3 aromatic carbocycles. The molecule has 6 heteroatoms. The molecule has 5 rings (SSSR count). The summed E-state index contributed by atoms with van der Waals surface area (Å²) >= 11 is 0. The normalized spacial score (nSPS) is 20.6. The standard InChI is InChI=1S/C26H19NO4S/c28-23-16-21(18-10-4-1-5-11-18)25-24(26(23)29)22(19-12-6-2-7-13-19)17-27(25)32(30,31)20-14-8-3-9-15-20/h1-17,24-25H. The van der Waals surface area contributed by atoms with Gasteiger partial charge in [-0.25, -0.2) is 8.42 Å². The van der Waals surface area contributed by atoms with E-state index >= 15 is 0 Å². The van der Waals surface area contributed by atoms with Crippen LogP contribution in [-0.4, -0.2) is 30.3 Å². The van der Waals surface area contributed by atoms with Gasteiger partial charge in [-0.3, -0.25) is 13.9 Å². The fraction of sp³-hybridized carbons (Fsp3) is 0.0769. The number of rotatable bonds is 4. The molecule has 158 valence electrons. The highest BCUT2D eigenvalue weighted by Crippen LogP contribution is 2.46. The minimum Gasteiger partial charge on any atom is -0.290 e. The van der Waals surface area contributed by atoms with Crippen LogP contribution in [0.5, 0.6) is 0 Å². The molecular weight excluding hydrogens is 422 g/mol. The van der Waals surface area contributed by atoms with Gasteiger partial charge in [-0.05, 0) is 40.5 Å². The third-order valence-electron chi connectivity index (χ3n) is 5.85. The third kappa shape index (κ3) is 3.20. The molecule has 2 unspecified atom stereocenters. The van der Waals surface area contributed by atoms with Crippen molar-refractivity contribution in [3.8, 4) is 0 Å². The summed E-state index contributed by atoms with van der Waals surface area (Å²) in [4.78, 5) is 25.9. The molecule has 0 fully saturated rings. The van der Waals surface area contributed by atoms with E-state index in [1.54, 1.807) is 18.2 Å². The van der Waals surface area contributed by atoms with Crippen molar-refractivity contribution in [2.45, 2.75) is 10.9 Å². The van der Waals surface area contributed by atoms with E-state index in [0.717, 1.165) is 0 Å². The summed E-state index contributed by atoms with van der Waals surface area (Å²) in [5, 5.41) is 0. The van der Waals surface area contributed by atoms with E-state index < -0.39 is 33.5 Å². The van der Waals surface area contributed by atoms with Crippen molar-refractivity contribution >= 4 is 32.7 Å². The average Bonchev–Trinajstić information content (AvgIpc) is 3.25. The molecule has 0 saturated carbocycles. The lowest BCUT2D eigenvalue weighted by Gasteiger charge is -2.33. The molecule has 5 nitrogen and oxygen atoms in total. The van der Waals surface area contributed by atoms with Gasteiger partial charge in [0.2, 0.25) is 11.6 Å². The fourth-order valence-corrected chi connectivity index (χ4v) is 5.90. The van der Waals surface area contributed by atoms with Crippen LogP contribution >= 0.6 is 0 Å². The van der Waals surface area contributed by atoms with E-state index in [0.29, 0.717) is 22.3 Å². The summed E-state index contributed by atoms with van der Waals surface area (Å²) in [6.07, 6.45) is 2.80. The van der Waals surface area contributed by atoms with Crippen molar-refractivity contribution in [3.05, 3.63) is 114 Å². The van der Waals surface area contributed by atoms with Gasteiger partial charge in [0.15, 0.2) is 0 Å². The Hall–Kier alpha value is -3.77. The number of sulfonamides is 1. The van der Waals surface area contributed by atoms with Gasteiger partial charge in [-0.1, -0.05) is 78.9 Å². The van der Waals surface area contributed by atoms with Crippen LogP contribution in [0.25, 0.3) is 11.1 Å². The molecule has 1 heterocycles. The molecule has 0 radical (unpaired) electrons. The number of hydrogen-bond acceptors (Lipinski definition) is 4. The zero-order valence-corrected chi connectivity index (χ0v) is 17.8. The molecule has 0 N–H and O–H groups in total. The van der Waals surface area contributed by atoms with Gasteiger partial charge >= 0.3 is 0 Å². The zero-order chi connectivity index (χ0) is 22.3. The van der Waals surface area contributed by atoms with Crippen molar-refractivity contribution < 1.29 is 18.0 Å². The largest absolute Gasteiger partial charge is 0.290 e. The second kappa shape index (κ2) is 7.73. The molecule has 3 aromatic rings. The predicted octanol–water partition coefficient (Wildman–Crippen LogP) is 3.95. The predicted molar refractivity (Wildman–Crippen MR) is 122 cm³/mol. The van der Waals surface area contributed by atoms with E-state index in [9.17, 15) is 18.0 Å². The maximum absolute atomic E-state index is 13.7. The van der Waals surface area contributed by atoms with Crippen LogP contribution in [0, 0.1) is 5.92 Å². The highest BCUT2D eigenvalue weighted by atomic mass is 32.2. The van der Waals surface area contributed by atoms with E-state index in [1.165, 1.54) is 28.7 Å². The molecule has 2 atom stereocenters. The number of carbonyl (C=O) groups is 2.